The van der Waals surface area contributed by atoms with E-state index in [9.17, 15) is 0 Å². The summed E-state index contributed by atoms with van der Waals surface area (Å²) in [6, 6.07) is 4.40. The summed E-state index contributed by atoms with van der Waals surface area (Å²) >= 11 is 0. The lowest BCUT2D eigenvalue weighted by Crippen LogP contribution is -2.38. The largest absolute Gasteiger partial charge is 0.378 e. The summed E-state index contributed by atoms with van der Waals surface area (Å²) in [5.74, 6) is 0.966. The lowest BCUT2D eigenvalue weighted by atomic mass is 9.94. The fourth-order valence-electron chi connectivity index (χ4n) is 2.72. The van der Waals surface area contributed by atoms with Crippen LogP contribution in [0.4, 0.5) is 11.5 Å². The van der Waals surface area contributed by atoms with Crippen LogP contribution < -0.4 is 10.2 Å². The molecule has 1 unspecified atom stereocenters. The lowest BCUT2D eigenvalue weighted by Gasteiger charge is -2.28. The molecule has 0 bridgehead atoms. The van der Waals surface area contributed by atoms with Gasteiger partial charge in [0.05, 0.1) is 29.1 Å². The number of hydrogen-bond acceptors (Lipinski definition) is 4. The molecule has 2 rings (SSSR count). The lowest BCUT2D eigenvalue weighted by molar-refractivity contribution is -0.0662. The van der Waals surface area contributed by atoms with Crippen LogP contribution in [0.5, 0.6) is 0 Å². The quantitative estimate of drug-likeness (QED) is 0.910. The van der Waals surface area contributed by atoms with Gasteiger partial charge in [0.2, 0.25) is 0 Å². The molecule has 0 aliphatic carbocycles. The van der Waals surface area contributed by atoms with Crippen LogP contribution in [0, 0.1) is 0 Å². The Kier molecular flexibility index (Phi) is 3.47. The van der Waals surface area contributed by atoms with E-state index in [4.69, 9.17) is 4.74 Å². The molecule has 4 nitrogen and oxygen atoms in total. The smallest absolute Gasteiger partial charge is 0.128 e. The second-order valence-corrected chi connectivity index (χ2v) is 6.67. The molecule has 0 saturated carbocycles. The van der Waals surface area contributed by atoms with Crippen LogP contribution >= 0.6 is 0 Å². The van der Waals surface area contributed by atoms with Gasteiger partial charge in [-0.15, -0.1) is 0 Å². The number of rotatable bonds is 3. The van der Waals surface area contributed by atoms with Crippen LogP contribution in [-0.2, 0) is 4.74 Å². The first kappa shape index (κ1) is 14.1. The summed E-state index contributed by atoms with van der Waals surface area (Å²) in [5, 5.41) is 3.55. The Bertz CT molecular complexity index is 437. The minimum atomic E-state index is -0.163. The average molecular weight is 263 g/mol. The van der Waals surface area contributed by atoms with Gasteiger partial charge >= 0.3 is 0 Å². The van der Waals surface area contributed by atoms with Crippen molar-refractivity contribution in [3.05, 3.63) is 18.3 Å². The number of anilines is 2. The first-order chi connectivity index (χ1) is 8.70. The zero-order valence-corrected chi connectivity index (χ0v) is 12.8. The van der Waals surface area contributed by atoms with Crippen LogP contribution in [-0.4, -0.2) is 36.3 Å². The second kappa shape index (κ2) is 4.67. The van der Waals surface area contributed by atoms with E-state index in [-0.39, 0.29) is 11.2 Å². The fourth-order valence-corrected chi connectivity index (χ4v) is 2.72. The molecule has 1 aromatic rings. The van der Waals surface area contributed by atoms with Gasteiger partial charge in [0.25, 0.3) is 0 Å². The van der Waals surface area contributed by atoms with E-state index in [1.54, 1.807) is 0 Å². The number of hydrogen-bond donors (Lipinski definition) is 1. The summed E-state index contributed by atoms with van der Waals surface area (Å²) in [6.07, 6.45) is 2.88. The van der Waals surface area contributed by atoms with Gasteiger partial charge in [0, 0.05) is 14.1 Å². The van der Waals surface area contributed by atoms with Crippen LogP contribution in [0.2, 0.25) is 0 Å². The van der Waals surface area contributed by atoms with Gasteiger partial charge in [0.1, 0.15) is 5.82 Å². The Labute approximate surface area is 116 Å². The standard InChI is InChI=1S/C15H25N3O/c1-14(2)9-12(15(3,4)19-14)17-11-7-8-13(16-10-11)18(5)6/h7-8,10,12,17H,9H2,1-6H3. The molecule has 1 aliphatic heterocycles. The molecule has 1 aromatic heterocycles. The van der Waals surface area contributed by atoms with E-state index in [0.717, 1.165) is 17.9 Å². The number of pyridine rings is 1. The normalized spacial score (nSPS) is 24.2. The molecule has 0 spiro atoms. The third kappa shape index (κ3) is 3.18. The van der Waals surface area contributed by atoms with Crippen molar-refractivity contribution < 1.29 is 4.74 Å². The highest BCUT2D eigenvalue weighted by Crippen LogP contribution is 2.38. The third-order valence-corrected chi connectivity index (χ3v) is 3.62. The Morgan fingerprint density at radius 3 is 2.37 bits per heavy atom. The minimum absolute atomic E-state index is 0.0713. The highest BCUT2D eigenvalue weighted by Gasteiger charge is 2.45. The van der Waals surface area contributed by atoms with Crippen LogP contribution in [0.15, 0.2) is 18.3 Å². The number of nitrogens with one attached hydrogen (secondary N) is 1. The van der Waals surface area contributed by atoms with Crippen molar-refractivity contribution >= 4 is 11.5 Å². The van der Waals surface area contributed by atoms with Crippen molar-refractivity contribution in [1.82, 2.24) is 4.98 Å². The van der Waals surface area contributed by atoms with E-state index < -0.39 is 0 Å². The van der Waals surface area contributed by atoms with Crippen molar-refractivity contribution in [2.75, 3.05) is 24.3 Å². The van der Waals surface area contributed by atoms with Gasteiger partial charge in [-0.2, -0.15) is 0 Å². The highest BCUT2D eigenvalue weighted by atomic mass is 16.5. The molecule has 1 aliphatic rings. The average Bonchev–Trinajstić information content (AvgIpc) is 2.47. The summed E-state index contributed by atoms with van der Waals surface area (Å²) < 4.78 is 6.09. The minimum Gasteiger partial charge on any atom is -0.378 e. The maximum absolute atomic E-state index is 6.09. The Morgan fingerprint density at radius 1 is 1.26 bits per heavy atom. The van der Waals surface area contributed by atoms with Gasteiger partial charge in [-0.25, -0.2) is 4.98 Å². The van der Waals surface area contributed by atoms with Crippen LogP contribution in [0.3, 0.4) is 0 Å². The van der Waals surface area contributed by atoms with Gasteiger partial charge in [-0.05, 0) is 46.2 Å². The molecule has 1 saturated heterocycles. The highest BCUT2D eigenvalue weighted by molar-refractivity contribution is 5.49. The number of ether oxygens (including phenoxy) is 1. The van der Waals surface area contributed by atoms with E-state index in [1.165, 1.54) is 0 Å². The molecule has 19 heavy (non-hydrogen) atoms. The molecule has 1 N–H and O–H groups in total. The van der Waals surface area contributed by atoms with Crippen molar-refractivity contribution in [3.63, 3.8) is 0 Å². The van der Waals surface area contributed by atoms with Gasteiger partial charge in [-0.3, -0.25) is 0 Å². The molecule has 1 fully saturated rings. The van der Waals surface area contributed by atoms with Crippen molar-refractivity contribution in [3.8, 4) is 0 Å². The SMILES string of the molecule is CN(C)c1ccc(NC2CC(C)(C)OC2(C)C)cn1. The predicted molar refractivity (Wildman–Crippen MR) is 79.8 cm³/mol. The maximum atomic E-state index is 6.09. The molecular weight excluding hydrogens is 238 g/mol. The molecule has 106 valence electrons. The van der Waals surface area contributed by atoms with Crippen molar-refractivity contribution in [2.24, 2.45) is 0 Å². The second-order valence-electron chi connectivity index (χ2n) is 6.67. The third-order valence-electron chi connectivity index (χ3n) is 3.62. The van der Waals surface area contributed by atoms with E-state index in [0.29, 0.717) is 6.04 Å². The zero-order valence-electron chi connectivity index (χ0n) is 12.8. The van der Waals surface area contributed by atoms with E-state index >= 15 is 0 Å². The predicted octanol–water partition coefficient (Wildman–Crippen LogP) is 2.91. The van der Waals surface area contributed by atoms with Gasteiger partial charge < -0.3 is 15.0 Å². The topological polar surface area (TPSA) is 37.4 Å². The van der Waals surface area contributed by atoms with E-state index in [1.807, 2.05) is 31.3 Å². The first-order valence-corrected chi connectivity index (χ1v) is 6.80. The Hall–Kier alpha value is -1.29. The summed E-state index contributed by atoms with van der Waals surface area (Å²) in [7, 11) is 3.98. The Morgan fingerprint density at radius 2 is 1.95 bits per heavy atom. The molecule has 0 amide bonds. The van der Waals surface area contributed by atoms with Crippen LogP contribution in [0.25, 0.3) is 0 Å². The molecule has 0 aromatic carbocycles. The first-order valence-electron chi connectivity index (χ1n) is 6.80. The zero-order chi connectivity index (χ0) is 14.3. The molecular formula is C15H25N3O. The van der Waals surface area contributed by atoms with Crippen molar-refractivity contribution in [2.45, 2.75) is 51.4 Å². The summed E-state index contributed by atoms with van der Waals surface area (Å²) in [6.45, 7) is 8.57. The Balaban J connectivity index is 2.09. The van der Waals surface area contributed by atoms with E-state index in [2.05, 4.69) is 44.1 Å². The van der Waals surface area contributed by atoms with Crippen LogP contribution in [0.1, 0.15) is 34.1 Å². The summed E-state index contributed by atoms with van der Waals surface area (Å²) in [4.78, 5) is 6.42. The van der Waals surface area contributed by atoms with Gasteiger partial charge in [0.15, 0.2) is 0 Å². The molecule has 4 heteroatoms. The number of aromatic nitrogens is 1. The van der Waals surface area contributed by atoms with Gasteiger partial charge in [-0.1, -0.05) is 0 Å². The monoisotopic (exact) mass is 263 g/mol. The molecule has 1 atom stereocenters. The molecule has 2 heterocycles. The fraction of sp³-hybridized carbons (Fsp3) is 0.667. The summed E-state index contributed by atoms with van der Waals surface area (Å²) in [5.41, 5.74) is 0.812. The van der Waals surface area contributed by atoms with Crippen molar-refractivity contribution in [1.29, 1.82) is 0 Å². The maximum Gasteiger partial charge on any atom is 0.128 e. The number of nitrogens with zero attached hydrogens (tertiary/aromatic N) is 2. The molecule has 0 radical (unpaired) electrons.